The minimum absolute atomic E-state index is 0.171. The van der Waals surface area contributed by atoms with Gasteiger partial charge in [0.2, 0.25) is 5.91 Å². The second kappa shape index (κ2) is 8.82. The third kappa shape index (κ3) is 5.43. The predicted molar refractivity (Wildman–Crippen MR) is 102 cm³/mol. The Morgan fingerprint density at radius 1 is 1.04 bits per heavy atom. The van der Waals surface area contributed by atoms with Crippen LogP contribution in [0.5, 0.6) is 0 Å². The van der Waals surface area contributed by atoms with Gasteiger partial charge >= 0.3 is 0 Å². The van der Waals surface area contributed by atoms with Gasteiger partial charge in [0, 0.05) is 19.0 Å². The number of carbonyl (C=O) groups is 1. The van der Waals surface area contributed by atoms with E-state index in [-0.39, 0.29) is 11.8 Å². The van der Waals surface area contributed by atoms with Crippen molar-refractivity contribution in [3.05, 3.63) is 71.3 Å². The molecule has 0 bridgehead atoms. The quantitative estimate of drug-likeness (QED) is 0.875. The van der Waals surface area contributed by atoms with Gasteiger partial charge in [0.25, 0.3) is 0 Å². The number of hydrogen-bond acceptors (Lipinski definition) is 2. The van der Waals surface area contributed by atoms with Gasteiger partial charge in [0.05, 0.1) is 0 Å². The van der Waals surface area contributed by atoms with Gasteiger partial charge in [-0.1, -0.05) is 60.2 Å². The molecule has 3 rings (SSSR count). The molecule has 1 N–H and O–H groups in total. The van der Waals surface area contributed by atoms with Gasteiger partial charge in [0.1, 0.15) is 0 Å². The van der Waals surface area contributed by atoms with Gasteiger partial charge in [-0.05, 0) is 50.4 Å². The molecule has 2 aromatic rings. The first kappa shape index (κ1) is 17.7. The molecule has 0 aromatic heterocycles. The van der Waals surface area contributed by atoms with E-state index in [4.69, 9.17) is 0 Å². The lowest BCUT2D eigenvalue weighted by molar-refractivity contribution is -0.126. The lowest BCUT2D eigenvalue weighted by atomic mass is 9.95. The zero-order valence-corrected chi connectivity index (χ0v) is 15.1. The fourth-order valence-corrected chi connectivity index (χ4v) is 3.54. The first-order chi connectivity index (χ1) is 12.2. The summed E-state index contributed by atoms with van der Waals surface area (Å²) in [6.45, 7) is 5.86. The number of hydrogen-bond donors (Lipinski definition) is 1. The molecule has 0 spiro atoms. The molecule has 0 saturated carbocycles. The van der Waals surface area contributed by atoms with Gasteiger partial charge < -0.3 is 5.32 Å². The Labute approximate surface area is 151 Å². The molecule has 1 fully saturated rings. The van der Waals surface area contributed by atoms with Crippen LogP contribution in [0.4, 0.5) is 0 Å². The van der Waals surface area contributed by atoms with Crippen molar-refractivity contribution in [1.29, 1.82) is 0 Å². The lowest BCUT2D eigenvalue weighted by Gasteiger charge is -2.31. The van der Waals surface area contributed by atoms with E-state index in [1.54, 1.807) is 0 Å². The highest BCUT2D eigenvalue weighted by atomic mass is 16.1. The standard InChI is InChI=1S/C22H28N2O/c1-18-6-5-9-20(16-18)17-24-14-11-21(12-15-24)22(25)23-13-10-19-7-3-2-4-8-19/h2-9,16,21H,10-15,17H2,1H3,(H,23,25). The van der Waals surface area contributed by atoms with Crippen LogP contribution in [0.2, 0.25) is 0 Å². The highest BCUT2D eigenvalue weighted by molar-refractivity contribution is 5.78. The smallest absolute Gasteiger partial charge is 0.223 e. The molecule has 25 heavy (non-hydrogen) atoms. The predicted octanol–water partition coefficient (Wildman–Crippen LogP) is 3.57. The number of benzene rings is 2. The van der Waals surface area contributed by atoms with Crippen LogP contribution in [0.25, 0.3) is 0 Å². The lowest BCUT2D eigenvalue weighted by Crippen LogP contribution is -2.40. The van der Waals surface area contributed by atoms with E-state index in [0.717, 1.165) is 45.4 Å². The van der Waals surface area contributed by atoms with Crippen molar-refractivity contribution in [1.82, 2.24) is 10.2 Å². The number of aryl methyl sites for hydroxylation is 1. The summed E-state index contributed by atoms with van der Waals surface area (Å²) >= 11 is 0. The molecular formula is C22H28N2O. The fourth-order valence-electron chi connectivity index (χ4n) is 3.54. The first-order valence-corrected chi connectivity index (χ1v) is 9.30. The Bertz CT molecular complexity index is 675. The van der Waals surface area contributed by atoms with Crippen LogP contribution in [-0.2, 0) is 17.8 Å². The summed E-state index contributed by atoms with van der Waals surface area (Å²) in [4.78, 5) is 14.8. The van der Waals surface area contributed by atoms with Crippen molar-refractivity contribution in [2.24, 2.45) is 5.92 Å². The van der Waals surface area contributed by atoms with E-state index >= 15 is 0 Å². The molecular weight excluding hydrogens is 308 g/mol. The Morgan fingerprint density at radius 3 is 2.48 bits per heavy atom. The Kier molecular flexibility index (Phi) is 6.24. The summed E-state index contributed by atoms with van der Waals surface area (Å²) in [5.74, 6) is 0.399. The molecule has 0 unspecified atom stereocenters. The van der Waals surface area contributed by atoms with E-state index in [2.05, 4.69) is 53.5 Å². The molecule has 1 heterocycles. The third-order valence-electron chi connectivity index (χ3n) is 5.00. The van der Waals surface area contributed by atoms with Crippen LogP contribution < -0.4 is 5.32 Å². The van der Waals surface area contributed by atoms with Crippen LogP contribution in [0, 0.1) is 12.8 Å². The molecule has 0 atom stereocenters. The second-order valence-electron chi connectivity index (χ2n) is 7.07. The minimum Gasteiger partial charge on any atom is -0.356 e. The number of nitrogens with one attached hydrogen (secondary N) is 1. The van der Waals surface area contributed by atoms with Crippen molar-refractivity contribution in [3.8, 4) is 0 Å². The number of likely N-dealkylation sites (tertiary alicyclic amines) is 1. The van der Waals surface area contributed by atoms with E-state index in [1.807, 2.05) is 18.2 Å². The molecule has 1 aliphatic rings. The van der Waals surface area contributed by atoms with Crippen LogP contribution in [0.1, 0.15) is 29.5 Å². The maximum absolute atomic E-state index is 12.4. The van der Waals surface area contributed by atoms with Crippen molar-refractivity contribution in [2.45, 2.75) is 32.7 Å². The number of nitrogens with zero attached hydrogens (tertiary/aromatic N) is 1. The summed E-state index contributed by atoms with van der Waals surface area (Å²) in [6, 6.07) is 19.0. The van der Waals surface area contributed by atoms with E-state index < -0.39 is 0 Å². The average Bonchev–Trinajstić information content (AvgIpc) is 2.63. The maximum atomic E-state index is 12.4. The Hall–Kier alpha value is -2.13. The van der Waals surface area contributed by atoms with E-state index in [9.17, 15) is 4.79 Å². The average molecular weight is 336 g/mol. The highest BCUT2D eigenvalue weighted by Crippen LogP contribution is 2.19. The molecule has 3 heteroatoms. The van der Waals surface area contributed by atoms with E-state index in [1.165, 1.54) is 16.7 Å². The Balaban J connectivity index is 1.38. The molecule has 1 saturated heterocycles. The first-order valence-electron chi connectivity index (χ1n) is 9.30. The van der Waals surface area contributed by atoms with E-state index in [0.29, 0.717) is 0 Å². The van der Waals surface area contributed by atoms with Gasteiger partial charge in [-0.2, -0.15) is 0 Å². The minimum atomic E-state index is 0.171. The van der Waals surface area contributed by atoms with Gasteiger partial charge in [-0.25, -0.2) is 0 Å². The summed E-state index contributed by atoms with van der Waals surface area (Å²) in [5, 5.41) is 3.12. The number of carbonyl (C=O) groups excluding carboxylic acids is 1. The molecule has 1 aliphatic heterocycles. The topological polar surface area (TPSA) is 32.3 Å². The number of amides is 1. The molecule has 0 aliphatic carbocycles. The third-order valence-corrected chi connectivity index (χ3v) is 5.00. The highest BCUT2D eigenvalue weighted by Gasteiger charge is 2.24. The SMILES string of the molecule is Cc1cccc(CN2CCC(C(=O)NCCc3ccccc3)CC2)c1. The van der Waals surface area contributed by atoms with Crippen LogP contribution in [-0.4, -0.2) is 30.4 Å². The summed E-state index contributed by atoms with van der Waals surface area (Å²) in [6.07, 6.45) is 2.82. The van der Waals surface area contributed by atoms with Crippen LogP contribution in [0.15, 0.2) is 54.6 Å². The number of rotatable bonds is 6. The second-order valence-corrected chi connectivity index (χ2v) is 7.07. The van der Waals surface area contributed by atoms with Gasteiger partial charge in [-0.3, -0.25) is 9.69 Å². The van der Waals surface area contributed by atoms with Crippen molar-refractivity contribution >= 4 is 5.91 Å². The van der Waals surface area contributed by atoms with Crippen LogP contribution in [0.3, 0.4) is 0 Å². The molecule has 3 nitrogen and oxygen atoms in total. The molecule has 132 valence electrons. The normalized spacial score (nSPS) is 15.9. The molecule has 2 aromatic carbocycles. The van der Waals surface area contributed by atoms with Crippen molar-refractivity contribution in [3.63, 3.8) is 0 Å². The van der Waals surface area contributed by atoms with Gasteiger partial charge in [0.15, 0.2) is 0 Å². The zero-order chi connectivity index (χ0) is 17.5. The summed E-state index contributed by atoms with van der Waals surface area (Å²) in [5.41, 5.74) is 3.95. The molecule has 0 radical (unpaired) electrons. The van der Waals surface area contributed by atoms with Crippen molar-refractivity contribution < 1.29 is 4.79 Å². The Morgan fingerprint density at radius 2 is 1.76 bits per heavy atom. The fraction of sp³-hybridized carbons (Fsp3) is 0.409. The summed E-state index contributed by atoms with van der Waals surface area (Å²) < 4.78 is 0. The van der Waals surface area contributed by atoms with Crippen molar-refractivity contribution in [2.75, 3.05) is 19.6 Å². The van der Waals surface area contributed by atoms with Gasteiger partial charge in [-0.15, -0.1) is 0 Å². The van der Waals surface area contributed by atoms with Crippen LogP contribution >= 0.6 is 0 Å². The number of piperidine rings is 1. The largest absolute Gasteiger partial charge is 0.356 e. The summed E-state index contributed by atoms with van der Waals surface area (Å²) in [7, 11) is 0. The zero-order valence-electron chi connectivity index (χ0n) is 15.1. The monoisotopic (exact) mass is 336 g/mol. The molecule has 1 amide bonds. The maximum Gasteiger partial charge on any atom is 0.223 e.